The molecule has 0 bridgehead atoms. The fourth-order valence-electron chi connectivity index (χ4n) is 1.92. The molecule has 2 heterocycles. The number of anilines is 1. The molecule has 15 heavy (non-hydrogen) atoms. The van der Waals surface area contributed by atoms with E-state index in [4.69, 9.17) is 0 Å². The summed E-state index contributed by atoms with van der Waals surface area (Å²) in [5.74, 6) is 1.83. The van der Waals surface area contributed by atoms with E-state index in [0.29, 0.717) is 0 Å². The molecule has 0 aliphatic carbocycles. The Morgan fingerprint density at radius 2 is 2.00 bits per heavy atom. The molecule has 0 spiro atoms. The van der Waals surface area contributed by atoms with E-state index in [0.717, 1.165) is 43.1 Å². The van der Waals surface area contributed by atoms with Crippen molar-refractivity contribution >= 4 is 5.82 Å². The maximum atomic E-state index is 9.44. The zero-order valence-corrected chi connectivity index (χ0v) is 9.27. The lowest BCUT2D eigenvalue weighted by Crippen LogP contribution is -2.36. The molecule has 0 atom stereocenters. The summed E-state index contributed by atoms with van der Waals surface area (Å²) in [4.78, 5) is 10.8. The molecule has 1 aliphatic rings. The maximum Gasteiger partial charge on any atom is 0.135 e. The van der Waals surface area contributed by atoms with E-state index in [2.05, 4.69) is 14.9 Å². The smallest absolute Gasteiger partial charge is 0.135 e. The van der Waals surface area contributed by atoms with E-state index >= 15 is 0 Å². The minimum atomic E-state index is -0.135. The van der Waals surface area contributed by atoms with Crippen molar-refractivity contribution in [3.8, 4) is 0 Å². The van der Waals surface area contributed by atoms with Crippen LogP contribution < -0.4 is 4.90 Å². The lowest BCUT2D eigenvalue weighted by atomic mass is 10.1. The van der Waals surface area contributed by atoms with Gasteiger partial charge in [-0.15, -0.1) is 0 Å². The van der Waals surface area contributed by atoms with Gasteiger partial charge in [0.25, 0.3) is 0 Å². The topological polar surface area (TPSA) is 49.2 Å². The van der Waals surface area contributed by atoms with Gasteiger partial charge in [0.2, 0.25) is 0 Å². The first-order chi connectivity index (χ1) is 7.16. The number of rotatable bonds is 1. The van der Waals surface area contributed by atoms with Crippen LogP contribution in [0.4, 0.5) is 5.82 Å². The second-order valence-corrected chi connectivity index (χ2v) is 4.14. The second-order valence-electron chi connectivity index (χ2n) is 4.14. The van der Waals surface area contributed by atoms with Gasteiger partial charge in [-0.3, -0.25) is 0 Å². The first-order valence-electron chi connectivity index (χ1n) is 5.40. The minimum absolute atomic E-state index is 0.135. The highest BCUT2D eigenvalue weighted by molar-refractivity contribution is 5.45. The van der Waals surface area contributed by atoms with Crippen molar-refractivity contribution in [3.05, 3.63) is 17.6 Å². The molecule has 0 radical (unpaired) electrons. The molecule has 1 aromatic heterocycles. The van der Waals surface area contributed by atoms with Crippen molar-refractivity contribution in [2.45, 2.75) is 32.8 Å². The predicted molar refractivity (Wildman–Crippen MR) is 59.0 cm³/mol. The standard InChI is InChI=1S/C11H17N3O/c1-8-7-12-9(2)13-11(8)14-5-3-10(15)4-6-14/h7,10,15H,3-6H2,1-2H3. The molecular formula is C11H17N3O. The van der Waals surface area contributed by atoms with Crippen LogP contribution in [0.1, 0.15) is 24.2 Å². The lowest BCUT2D eigenvalue weighted by Gasteiger charge is -2.31. The molecule has 4 heteroatoms. The molecule has 0 unspecified atom stereocenters. The molecule has 1 aliphatic heterocycles. The predicted octanol–water partition coefficient (Wildman–Crippen LogP) is 1.05. The van der Waals surface area contributed by atoms with Gasteiger partial charge >= 0.3 is 0 Å². The Bertz CT molecular complexity index is 346. The van der Waals surface area contributed by atoms with Gasteiger partial charge in [-0.05, 0) is 26.7 Å². The van der Waals surface area contributed by atoms with Crippen LogP contribution in [0.15, 0.2) is 6.20 Å². The average Bonchev–Trinajstić information content (AvgIpc) is 2.23. The van der Waals surface area contributed by atoms with Gasteiger partial charge in [-0.1, -0.05) is 0 Å². The van der Waals surface area contributed by atoms with Crippen LogP contribution in [-0.4, -0.2) is 34.3 Å². The summed E-state index contributed by atoms with van der Waals surface area (Å²) in [6, 6.07) is 0. The van der Waals surface area contributed by atoms with Crippen molar-refractivity contribution in [1.82, 2.24) is 9.97 Å². The summed E-state index contributed by atoms with van der Waals surface area (Å²) in [5.41, 5.74) is 1.11. The van der Waals surface area contributed by atoms with Crippen LogP contribution in [0.5, 0.6) is 0 Å². The van der Waals surface area contributed by atoms with Crippen LogP contribution >= 0.6 is 0 Å². The number of hydrogen-bond donors (Lipinski definition) is 1. The van der Waals surface area contributed by atoms with Crippen LogP contribution in [0.25, 0.3) is 0 Å². The highest BCUT2D eigenvalue weighted by atomic mass is 16.3. The van der Waals surface area contributed by atoms with Crippen LogP contribution in [0.2, 0.25) is 0 Å². The molecule has 0 saturated carbocycles. The Hall–Kier alpha value is -1.16. The number of aliphatic hydroxyl groups excluding tert-OH is 1. The molecule has 4 nitrogen and oxygen atoms in total. The van der Waals surface area contributed by atoms with Gasteiger partial charge in [0.05, 0.1) is 6.10 Å². The number of aliphatic hydroxyl groups is 1. The highest BCUT2D eigenvalue weighted by Gasteiger charge is 2.19. The Balaban J connectivity index is 2.18. The number of nitrogens with zero attached hydrogens (tertiary/aromatic N) is 3. The number of aryl methyl sites for hydroxylation is 2. The zero-order chi connectivity index (χ0) is 10.8. The Morgan fingerprint density at radius 1 is 1.33 bits per heavy atom. The van der Waals surface area contributed by atoms with E-state index in [1.807, 2.05) is 20.0 Å². The number of aromatic nitrogens is 2. The van der Waals surface area contributed by atoms with Crippen LogP contribution in [-0.2, 0) is 0 Å². The van der Waals surface area contributed by atoms with Crippen LogP contribution in [0.3, 0.4) is 0 Å². The molecule has 1 aromatic rings. The van der Waals surface area contributed by atoms with Gasteiger partial charge in [0, 0.05) is 24.8 Å². The summed E-state index contributed by atoms with van der Waals surface area (Å²) in [7, 11) is 0. The number of hydrogen-bond acceptors (Lipinski definition) is 4. The molecule has 1 fully saturated rings. The summed E-state index contributed by atoms with van der Waals surface area (Å²) in [6.45, 7) is 5.71. The van der Waals surface area contributed by atoms with E-state index in [-0.39, 0.29) is 6.10 Å². The highest BCUT2D eigenvalue weighted by Crippen LogP contribution is 2.20. The Morgan fingerprint density at radius 3 is 2.67 bits per heavy atom. The third-order valence-corrected chi connectivity index (χ3v) is 2.83. The second kappa shape index (κ2) is 4.14. The molecule has 0 aromatic carbocycles. The first-order valence-corrected chi connectivity index (χ1v) is 5.40. The molecule has 1 saturated heterocycles. The zero-order valence-electron chi connectivity index (χ0n) is 9.27. The largest absolute Gasteiger partial charge is 0.393 e. The summed E-state index contributed by atoms with van der Waals surface area (Å²) in [6.07, 6.45) is 3.40. The fourth-order valence-corrected chi connectivity index (χ4v) is 1.92. The Kier molecular flexibility index (Phi) is 2.86. The summed E-state index contributed by atoms with van der Waals surface area (Å²) >= 11 is 0. The van der Waals surface area contributed by atoms with Crippen molar-refractivity contribution in [1.29, 1.82) is 0 Å². The van der Waals surface area contributed by atoms with Gasteiger partial charge in [-0.25, -0.2) is 9.97 Å². The van der Waals surface area contributed by atoms with E-state index in [1.54, 1.807) is 0 Å². The van der Waals surface area contributed by atoms with E-state index < -0.39 is 0 Å². The third-order valence-electron chi connectivity index (χ3n) is 2.83. The van der Waals surface area contributed by atoms with E-state index in [1.165, 1.54) is 0 Å². The van der Waals surface area contributed by atoms with E-state index in [9.17, 15) is 5.11 Å². The van der Waals surface area contributed by atoms with Gasteiger partial charge in [-0.2, -0.15) is 0 Å². The molecular weight excluding hydrogens is 190 g/mol. The molecule has 0 amide bonds. The minimum Gasteiger partial charge on any atom is -0.393 e. The first kappa shape index (κ1) is 10.4. The van der Waals surface area contributed by atoms with Crippen molar-refractivity contribution in [2.24, 2.45) is 0 Å². The molecule has 2 rings (SSSR count). The van der Waals surface area contributed by atoms with Crippen molar-refractivity contribution in [3.63, 3.8) is 0 Å². The molecule has 1 N–H and O–H groups in total. The SMILES string of the molecule is Cc1ncc(C)c(N2CCC(O)CC2)n1. The van der Waals surface area contributed by atoms with Crippen LogP contribution in [0, 0.1) is 13.8 Å². The Labute approximate surface area is 90.0 Å². The fraction of sp³-hybridized carbons (Fsp3) is 0.636. The van der Waals surface area contributed by atoms with Gasteiger partial charge in [0.1, 0.15) is 11.6 Å². The summed E-state index contributed by atoms with van der Waals surface area (Å²) < 4.78 is 0. The quantitative estimate of drug-likeness (QED) is 0.748. The molecule has 82 valence electrons. The third kappa shape index (κ3) is 2.26. The lowest BCUT2D eigenvalue weighted by molar-refractivity contribution is 0.145. The van der Waals surface area contributed by atoms with Gasteiger partial charge < -0.3 is 10.0 Å². The summed E-state index contributed by atoms with van der Waals surface area (Å²) in [5, 5.41) is 9.44. The normalized spacial score (nSPS) is 18.2. The average molecular weight is 207 g/mol. The number of piperidine rings is 1. The van der Waals surface area contributed by atoms with Gasteiger partial charge in [0.15, 0.2) is 0 Å². The van der Waals surface area contributed by atoms with Crippen molar-refractivity contribution in [2.75, 3.05) is 18.0 Å². The maximum absolute atomic E-state index is 9.44. The van der Waals surface area contributed by atoms with Crippen molar-refractivity contribution < 1.29 is 5.11 Å². The monoisotopic (exact) mass is 207 g/mol.